The van der Waals surface area contributed by atoms with Crippen molar-refractivity contribution in [3.8, 4) is 5.75 Å². The third-order valence-electron chi connectivity index (χ3n) is 4.17. The van der Waals surface area contributed by atoms with Gasteiger partial charge in [0.25, 0.3) is 5.91 Å². The number of benzene rings is 3. The molecule has 0 saturated heterocycles. The van der Waals surface area contributed by atoms with Crippen LogP contribution in [-0.2, 0) is 0 Å². The molecule has 3 rings (SSSR count). The van der Waals surface area contributed by atoms with Gasteiger partial charge in [0.05, 0.1) is 12.2 Å². The molecule has 128 valence electrons. The van der Waals surface area contributed by atoms with Crippen LogP contribution in [0.3, 0.4) is 0 Å². The molecule has 3 heteroatoms. The monoisotopic (exact) mass is 333 g/mol. The van der Waals surface area contributed by atoms with Gasteiger partial charge in [-0.15, -0.1) is 0 Å². The summed E-state index contributed by atoms with van der Waals surface area (Å²) in [6, 6.07) is 21.3. The Kier molecular flexibility index (Phi) is 5.68. The van der Waals surface area contributed by atoms with Crippen molar-refractivity contribution in [2.75, 3.05) is 11.9 Å². The molecule has 0 aromatic heterocycles. The number of hydrogen-bond donors (Lipinski definition) is 1. The topological polar surface area (TPSA) is 38.3 Å². The molecule has 0 heterocycles. The van der Waals surface area contributed by atoms with Crippen molar-refractivity contribution in [3.05, 3.63) is 72.3 Å². The molecule has 3 aromatic carbocycles. The standard InChI is InChI=1S/C22H23NO2/c1-2-3-8-16-25-21-15-7-6-13-19(21)22(24)23-20-14-9-11-17-10-4-5-12-18(17)20/h4-7,9-15H,2-3,8,16H2,1H3,(H,23,24). The van der Waals surface area contributed by atoms with Crippen LogP contribution in [0.25, 0.3) is 10.8 Å². The van der Waals surface area contributed by atoms with E-state index in [2.05, 4.69) is 12.2 Å². The van der Waals surface area contributed by atoms with Gasteiger partial charge in [0.2, 0.25) is 0 Å². The number of hydrogen-bond acceptors (Lipinski definition) is 2. The summed E-state index contributed by atoms with van der Waals surface area (Å²) in [5.74, 6) is 0.485. The van der Waals surface area contributed by atoms with E-state index in [0.29, 0.717) is 17.9 Å². The van der Waals surface area contributed by atoms with Gasteiger partial charge in [0, 0.05) is 11.1 Å². The van der Waals surface area contributed by atoms with E-state index in [4.69, 9.17) is 4.74 Å². The number of unbranched alkanes of at least 4 members (excludes halogenated alkanes) is 2. The zero-order valence-corrected chi connectivity index (χ0v) is 14.5. The average Bonchev–Trinajstić information content (AvgIpc) is 2.66. The van der Waals surface area contributed by atoms with Crippen LogP contribution < -0.4 is 10.1 Å². The Hall–Kier alpha value is -2.81. The average molecular weight is 333 g/mol. The highest BCUT2D eigenvalue weighted by Gasteiger charge is 2.13. The van der Waals surface area contributed by atoms with Crippen molar-refractivity contribution in [2.24, 2.45) is 0 Å². The van der Waals surface area contributed by atoms with E-state index in [1.54, 1.807) is 6.07 Å². The second kappa shape index (κ2) is 8.34. The number of nitrogens with one attached hydrogen (secondary N) is 1. The SMILES string of the molecule is CCCCCOc1ccccc1C(=O)Nc1cccc2ccccc12. The third kappa shape index (κ3) is 4.18. The quantitative estimate of drug-likeness (QED) is 0.566. The van der Waals surface area contributed by atoms with Crippen molar-refractivity contribution >= 4 is 22.4 Å². The number of carbonyl (C=O) groups is 1. The second-order valence-corrected chi connectivity index (χ2v) is 6.03. The highest BCUT2D eigenvalue weighted by molar-refractivity contribution is 6.10. The van der Waals surface area contributed by atoms with Crippen molar-refractivity contribution in [1.29, 1.82) is 0 Å². The van der Waals surface area contributed by atoms with Crippen LogP contribution in [0.15, 0.2) is 66.7 Å². The number of para-hydroxylation sites is 1. The summed E-state index contributed by atoms with van der Waals surface area (Å²) in [6.07, 6.45) is 3.27. The van der Waals surface area contributed by atoms with E-state index in [9.17, 15) is 4.79 Å². The van der Waals surface area contributed by atoms with Crippen LogP contribution in [0.4, 0.5) is 5.69 Å². The van der Waals surface area contributed by atoms with Crippen molar-refractivity contribution in [2.45, 2.75) is 26.2 Å². The fourth-order valence-electron chi connectivity index (χ4n) is 2.84. The van der Waals surface area contributed by atoms with Gasteiger partial charge in [-0.05, 0) is 30.0 Å². The summed E-state index contributed by atoms with van der Waals surface area (Å²) >= 11 is 0. The Morgan fingerprint density at radius 3 is 2.56 bits per heavy atom. The molecule has 0 aliphatic heterocycles. The van der Waals surface area contributed by atoms with Crippen LogP contribution in [-0.4, -0.2) is 12.5 Å². The zero-order valence-electron chi connectivity index (χ0n) is 14.5. The maximum absolute atomic E-state index is 12.8. The van der Waals surface area contributed by atoms with Crippen LogP contribution in [0.1, 0.15) is 36.5 Å². The largest absolute Gasteiger partial charge is 0.493 e. The first-order chi connectivity index (χ1) is 12.3. The minimum absolute atomic E-state index is 0.151. The summed E-state index contributed by atoms with van der Waals surface area (Å²) in [5.41, 5.74) is 1.37. The molecule has 1 N–H and O–H groups in total. The van der Waals surface area contributed by atoms with E-state index in [1.165, 1.54) is 0 Å². The Bertz CT molecular complexity index is 852. The summed E-state index contributed by atoms with van der Waals surface area (Å²) in [5, 5.41) is 5.15. The summed E-state index contributed by atoms with van der Waals surface area (Å²) in [4.78, 5) is 12.8. The van der Waals surface area contributed by atoms with Crippen molar-refractivity contribution < 1.29 is 9.53 Å². The molecule has 0 fully saturated rings. The summed E-state index contributed by atoms with van der Waals surface area (Å²) < 4.78 is 5.82. The minimum Gasteiger partial charge on any atom is -0.493 e. The van der Waals surface area contributed by atoms with Crippen LogP contribution in [0.2, 0.25) is 0 Å². The third-order valence-corrected chi connectivity index (χ3v) is 4.17. The molecule has 0 saturated carbocycles. The van der Waals surface area contributed by atoms with E-state index >= 15 is 0 Å². The molecule has 0 aliphatic rings. The van der Waals surface area contributed by atoms with Gasteiger partial charge in [0.1, 0.15) is 5.75 Å². The Morgan fingerprint density at radius 2 is 1.68 bits per heavy atom. The van der Waals surface area contributed by atoms with Crippen LogP contribution in [0, 0.1) is 0 Å². The van der Waals surface area contributed by atoms with Gasteiger partial charge in [-0.1, -0.05) is 68.3 Å². The highest BCUT2D eigenvalue weighted by Crippen LogP contribution is 2.25. The number of carbonyl (C=O) groups excluding carboxylic acids is 1. The maximum Gasteiger partial charge on any atom is 0.259 e. The normalized spacial score (nSPS) is 10.6. The molecule has 25 heavy (non-hydrogen) atoms. The van der Waals surface area contributed by atoms with Gasteiger partial charge >= 0.3 is 0 Å². The van der Waals surface area contributed by atoms with Crippen LogP contribution >= 0.6 is 0 Å². The molecule has 0 atom stereocenters. The Labute approximate surface area is 148 Å². The van der Waals surface area contributed by atoms with E-state index < -0.39 is 0 Å². The number of fused-ring (bicyclic) bond motifs is 1. The summed E-state index contributed by atoms with van der Waals surface area (Å²) in [7, 11) is 0. The van der Waals surface area contributed by atoms with E-state index in [1.807, 2.05) is 60.7 Å². The Balaban J connectivity index is 1.79. The molecule has 3 aromatic rings. The first kappa shape index (κ1) is 17.0. The van der Waals surface area contributed by atoms with Crippen molar-refractivity contribution in [3.63, 3.8) is 0 Å². The van der Waals surface area contributed by atoms with Crippen molar-refractivity contribution in [1.82, 2.24) is 0 Å². The van der Waals surface area contributed by atoms with Crippen LogP contribution in [0.5, 0.6) is 5.75 Å². The number of ether oxygens (including phenoxy) is 1. The van der Waals surface area contributed by atoms with Gasteiger partial charge in [-0.25, -0.2) is 0 Å². The molecule has 0 unspecified atom stereocenters. The van der Waals surface area contributed by atoms with Gasteiger partial charge in [0.15, 0.2) is 0 Å². The molecule has 0 radical (unpaired) electrons. The number of amides is 1. The zero-order chi connectivity index (χ0) is 17.5. The molecule has 0 spiro atoms. The lowest BCUT2D eigenvalue weighted by atomic mass is 10.1. The lowest BCUT2D eigenvalue weighted by Gasteiger charge is -2.13. The smallest absolute Gasteiger partial charge is 0.259 e. The fourth-order valence-corrected chi connectivity index (χ4v) is 2.84. The second-order valence-electron chi connectivity index (χ2n) is 6.03. The molecule has 1 amide bonds. The van der Waals surface area contributed by atoms with Gasteiger partial charge in [-0.2, -0.15) is 0 Å². The number of rotatable bonds is 7. The predicted octanol–water partition coefficient (Wildman–Crippen LogP) is 5.66. The maximum atomic E-state index is 12.8. The fraction of sp³-hybridized carbons (Fsp3) is 0.227. The molecule has 0 aliphatic carbocycles. The van der Waals surface area contributed by atoms with Gasteiger partial charge < -0.3 is 10.1 Å². The molecular formula is C22H23NO2. The first-order valence-electron chi connectivity index (χ1n) is 8.80. The Morgan fingerprint density at radius 1 is 0.920 bits per heavy atom. The van der Waals surface area contributed by atoms with E-state index in [-0.39, 0.29) is 5.91 Å². The van der Waals surface area contributed by atoms with E-state index in [0.717, 1.165) is 35.7 Å². The molecular weight excluding hydrogens is 310 g/mol. The predicted molar refractivity (Wildman–Crippen MR) is 103 cm³/mol. The lowest BCUT2D eigenvalue weighted by molar-refractivity contribution is 0.102. The highest BCUT2D eigenvalue weighted by atomic mass is 16.5. The lowest BCUT2D eigenvalue weighted by Crippen LogP contribution is -2.14. The summed E-state index contributed by atoms with van der Waals surface area (Å²) in [6.45, 7) is 2.79. The van der Waals surface area contributed by atoms with Gasteiger partial charge in [-0.3, -0.25) is 4.79 Å². The minimum atomic E-state index is -0.151. The molecule has 0 bridgehead atoms. The first-order valence-corrected chi connectivity index (χ1v) is 8.80. The molecule has 3 nitrogen and oxygen atoms in total. The number of anilines is 1.